The van der Waals surface area contributed by atoms with E-state index in [9.17, 15) is 0 Å². The Morgan fingerprint density at radius 1 is 1.00 bits per heavy atom. The molecule has 0 amide bonds. The second-order valence-corrected chi connectivity index (χ2v) is 8.83. The summed E-state index contributed by atoms with van der Waals surface area (Å²) >= 11 is 3.47. The van der Waals surface area contributed by atoms with Crippen LogP contribution in [0.15, 0.2) is 34.6 Å². The van der Waals surface area contributed by atoms with Gasteiger partial charge in [-0.15, -0.1) is 22.7 Å². The summed E-state index contributed by atoms with van der Waals surface area (Å²) in [7, 11) is 1.80. The van der Waals surface area contributed by atoms with E-state index in [0.29, 0.717) is 0 Å². The van der Waals surface area contributed by atoms with Gasteiger partial charge in [0.15, 0.2) is 5.96 Å². The lowest BCUT2D eigenvalue weighted by Gasteiger charge is -2.10. The van der Waals surface area contributed by atoms with Crippen LogP contribution in [0.1, 0.15) is 26.8 Å². The Morgan fingerprint density at radius 2 is 1.71 bits per heavy atom. The van der Waals surface area contributed by atoms with Crippen LogP contribution in [0.4, 0.5) is 0 Å². The fraction of sp³-hybridized carbons (Fsp3) is 0.381. The van der Waals surface area contributed by atoms with E-state index in [1.807, 2.05) is 0 Å². The Kier molecular flexibility index (Phi) is 7.17. The summed E-state index contributed by atoms with van der Waals surface area (Å²) in [5.41, 5.74) is 4.69. The number of hydrogen-bond donors (Lipinski definition) is 2. The number of guanidine groups is 1. The summed E-state index contributed by atoms with van der Waals surface area (Å²) in [6.07, 6.45) is 1.78. The topological polar surface area (TPSA) is 62.2 Å². The van der Waals surface area contributed by atoms with Crippen molar-refractivity contribution in [2.45, 2.75) is 33.6 Å². The molecular weight excluding hydrogens is 386 g/mol. The zero-order valence-corrected chi connectivity index (χ0v) is 18.5. The summed E-state index contributed by atoms with van der Waals surface area (Å²) in [5.74, 6) is 0.819. The zero-order valence-electron chi connectivity index (χ0n) is 16.9. The molecule has 148 valence electrons. The van der Waals surface area contributed by atoms with Crippen molar-refractivity contribution < 1.29 is 0 Å². The highest BCUT2D eigenvalue weighted by Gasteiger charge is 2.06. The molecule has 0 aliphatic heterocycles. The van der Waals surface area contributed by atoms with Crippen molar-refractivity contribution >= 4 is 28.6 Å². The minimum atomic E-state index is 0.798. The Hall–Kier alpha value is -2.25. The summed E-state index contributed by atoms with van der Waals surface area (Å²) in [5, 5.41) is 11.1. The quantitative estimate of drug-likeness (QED) is 0.451. The number of aryl methyl sites for hydroxylation is 3. The van der Waals surface area contributed by atoms with E-state index in [4.69, 9.17) is 4.98 Å². The summed E-state index contributed by atoms with van der Waals surface area (Å²) in [6, 6.07) is 8.52. The van der Waals surface area contributed by atoms with Crippen molar-refractivity contribution in [1.29, 1.82) is 0 Å². The molecular formula is C21H27N5S2. The average Bonchev–Trinajstić information content (AvgIpc) is 3.28. The summed E-state index contributed by atoms with van der Waals surface area (Å²) in [6.45, 7) is 7.90. The normalized spacial score (nSPS) is 11.6. The highest BCUT2D eigenvalue weighted by molar-refractivity contribution is 7.13. The fourth-order valence-electron chi connectivity index (χ4n) is 2.71. The first kappa shape index (κ1) is 20.5. The maximum atomic E-state index is 4.76. The largest absolute Gasteiger partial charge is 0.356 e. The van der Waals surface area contributed by atoms with Gasteiger partial charge in [-0.3, -0.25) is 4.99 Å². The van der Waals surface area contributed by atoms with E-state index in [1.165, 1.54) is 21.0 Å². The van der Waals surface area contributed by atoms with E-state index >= 15 is 0 Å². The van der Waals surface area contributed by atoms with Crippen LogP contribution < -0.4 is 10.6 Å². The molecule has 3 rings (SSSR count). The van der Waals surface area contributed by atoms with Crippen LogP contribution in [0.2, 0.25) is 0 Å². The lowest BCUT2D eigenvalue weighted by molar-refractivity contribution is 0.776. The maximum Gasteiger partial charge on any atom is 0.191 e. The number of aliphatic imine (C=N–C) groups is 1. The first-order valence-corrected chi connectivity index (χ1v) is 11.1. The Morgan fingerprint density at radius 3 is 2.36 bits per heavy atom. The van der Waals surface area contributed by atoms with Gasteiger partial charge in [0.05, 0.1) is 16.4 Å². The van der Waals surface area contributed by atoms with Crippen LogP contribution in [0.3, 0.4) is 0 Å². The van der Waals surface area contributed by atoms with Crippen molar-refractivity contribution in [1.82, 2.24) is 20.6 Å². The summed E-state index contributed by atoms with van der Waals surface area (Å²) in [4.78, 5) is 14.9. The van der Waals surface area contributed by atoms with Gasteiger partial charge in [-0.1, -0.05) is 29.8 Å². The SMILES string of the molecule is CN=C(NCCc1csc(-c2ccc(C)cc2)n1)NCCc1nc(C)c(C)s1. The first-order valence-electron chi connectivity index (χ1n) is 9.44. The van der Waals surface area contributed by atoms with Crippen LogP contribution in [0, 0.1) is 20.8 Å². The Labute approximate surface area is 175 Å². The van der Waals surface area contributed by atoms with Gasteiger partial charge < -0.3 is 10.6 Å². The third-order valence-electron chi connectivity index (χ3n) is 4.45. The molecule has 0 aliphatic rings. The molecule has 28 heavy (non-hydrogen) atoms. The molecule has 0 fully saturated rings. The number of rotatable bonds is 7. The predicted octanol–water partition coefficient (Wildman–Crippen LogP) is 4.14. The van der Waals surface area contributed by atoms with Crippen molar-refractivity contribution in [3.8, 4) is 10.6 Å². The molecule has 0 spiro atoms. The standard InChI is InChI=1S/C21H27N5S2/c1-14-5-7-17(8-6-14)20-26-18(13-27-20)9-11-23-21(22-4)24-12-10-19-25-15(2)16(3)28-19/h5-8,13H,9-12H2,1-4H3,(H2,22,23,24). The van der Waals surface area contributed by atoms with E-state index in [2.05, 4.69) is 71.0 Å². The van der Waals surface area contributed by atoms with Gasteiger partial charge >= 0.3 is 0 Å². The minimum Gasteiger partial charge on any atom is -0.356 e. The molecule has 2 heterocycles. The highest BCUT2D eigenvalue weighted by atomic mass is 32.1. The van der Waals surface area contributed by atoms with Crippen LogP contribution in [0.5, 0.6) is 0 Å². The summed E-state index contributed by atoms with van der Waals surface area (Å²) < 4.78 is 0. The Bertz CT molecular complexity index is 905. The molecule has 3 aromatic rings. The molecule has 1 aromatic carbocycles. The minimum absolute atomic E-state index is 0.798. The van der Waals surface area contributed by atoms with Gasteiger partial charge in [-0.05, 0) is 20.8 Å². The van der Waals surface area contributed by atoms with Crippen LogP contribution in [-0.4, -0.2) is 36.1 Å². The molecule has 2 aromatic heterocycles. The molecule has 7 heteroatoms. The molecule has 0 saturated heterocycles. The van der Waals surface area contributed by atoms with Gasteiger partial charge in [-0.2, -0.15) is 0 Å². The number of thiazole rings is 2. The second kappa shape index (κ2) is 9.80. The lowest BCUT2D eigenvalue weighted by atomic mass is 10.2. The van der Waals surface area contributed by atoms with Crippen molar-refractivity contribution in [2.24, 2.45) is 4.99 Å². The van der Waals surface area contributed by atoms with Crippen LogP contribution in [0.25, 0.3) is 10.6 Å². The van der Waals surface area contributed by atoms with Gasteiger partial charge in [0, 0.05) is 48.8 Å². The van der Waals surface area contributed by atoms with Gasteiger partial charge in [0.2, 0.25) is 0 Å². The first-order chi connectivity index (χ1) is 13.5. The van der Waals surface area contributed by atoms with Crippen molar-refractivity contribution in [2.75, 3.05) is 20.1 Å². The van der Waals surface area contributed by atoms with Crippen LogP contribution >= 0.6 is 22.7 Å². The number of hydrogen-bond acceptors (Lipinski definition) is 5. The van der Waals surface area contributed by atoms with E-state index in [-0.39, 0.29) is 0 Å². The van der Waals surface area contributed by atoms with Gasteiger partial charge in [0.1, 0.15) is 5.01 Å². The molecule has 0 bridgehead atoms. The predicted molar refractivity (Wildman–Crippen MR) is 121 cm³/mol. The maximum absolute atomic E-state index is 4.76. The number of benzene rings is 1. The monoisotopic (exact) mass is 413 g/mol. The molecule has 2 N–H and O–H groups in total. The smallest absolute Gasteiger partial charge is 0.191 e. The molecule has 0 radical (unpaired) electrons. The Balaban J connectivity index is 1.42. The van der Waals surface area contributed by atoms with Gasteiger partial charge in [-0.25, -0.2) is 9.97 Å². The fourth-order valence-corrected chi connectivity index (χ4v) is 4.51. The van der Waals surface area contributed by atoms with Crippen molar-refractivity contribution in [3.05, 3.63) is 56.5 Å². The molecule has 0 unspecified atom stereocenters. The van der Waals surface area contributed by atoms with Crippen LogP contribution in [-0.2, 0) is 12.8 Å². The van der Waals surface area contributed by atoms with Crippen molar-refractivity contribution in [3.63, 3.8) is 0 Å². The zero-order chi connectivity index (χ0) is 19.9. The number of nitrogens with one attached hydrogen (secondary N) is 2. The third-order valence-corrected chi connectivity index (χ3v) is 6.52. The van der Waals surface area contributed by atoms with E-state index in [1.54, 1.807) is 29.7 Å². The average molecular weight is 414 g/mol. The molecule has 0 aliphatic carbocycles. The molecule has 0 saturated carbocycles. The third kappa shape index (κ3) is 5.62. The van der Waals surface area contributed by atoms with E-state index in [0.717, 1.165) is 48.3 Å². The molecule has 5 nitrogen and oxygen atoms in total. The number of aromatic nitrogens is 2. The lowest BCUT2D eigenvalue weighted by Crippen LogP contribution is -2.39. The second-order valence-electron chi connectivity index (χ2n) is 6.68. The molecule has 0 atom stereocenters. The number of nitrogens with zero attached hydrogens (tertiary/aromatic N) is 3. The highest BCUT2D eigenvalue weighted by Crippen LogP contribution is 2.24. The van der Waals surface area contributed by atoms with Gasteiger partial charge in [0.25, 0.3) is 0 Å². The van der Waals surface area contributed by atoms with E-state index < -0.39 is 0 Å².